The van der Waals surface area contributed by atoms with Gasteiger partial charge in [0.1, 0.15) is 0 Å². The Morgan fingerprint density at radius 1 is 1.50 bits per heavy atom. The quantitative estimate of drug-likeness (QED) is 0.648. The van der Waals surface area contributed by atoms with Crippen LogP contribution in [-0.4, -0.2) is 16.9 Å². The first-order valence-corrected chi connectivity index (χ1v) is 6.79. The van der Waals surface area contributed by atoms with E-state index in [0.717, 1.165) is 24.8 Å². The second-order valence-corrected chi connectivity index (χ2v) is 5.28. The molecule has 3 atom stereocenters. The van der Waals surface area contributed by atoms with E-state index in [0.29, 0.717) is 0 Å². The van der Waals surface area contributed by atoms with E-state index in [1.165, 1.54) is 12.1 Å². The summed E-state index contributed by atoms with van der Waals surface area (Å²) in [6, 6.07) is 5.97. The van der Waals surface area contributed by atoms with Gasteiger partial charge in [0.25, 0.3) is 5.69 Å². The lowest BCUT2D eigenvalue weighted by molar-refractivity contribution is -0.384. The minimum absolute atomic E-state index is 0.0289. The van der Waals surface area contributed by atoms with Crippen LogP contribution in [0.15, 0.2) is 24.3 Å². The molecule has 3 N–H and O–H groups in total. The summed E-state index contributed by atoms with van der Waals surface area (Å²) in [6.07, 6.45) is 2.67. The third-order valence-electron chi connectivity index (χ3n) is 3.85. The van der Waals surface area contributed by atoms with Crippen LogP contribution in [0.3, 0.4) is 0 Å². The van der Waals surface area contributed by atoms with Crippen molar-refractivity contribution < 1.29 is 9.72 Å². The maximum absolute atomic E-state index is 12.1. The number of rotatable bonds is 4. The molecule has 1 amide bonds. The summed E-state index contributed by atoms with van der Waals surface area (Å²) in [6.45, 7) is 1.82. The molecular weight excluding hydrogens is 258 g/mol. The Morgan fingerprint density at radius 3 is 2.85 bits per heavy atom. The monoisotopic (exact) mass is 277 g/mol. The third kappa shape index (κ3) is 3.14. The van der Waals surface area contributed by atoms with Crippen molar-refractivity contribution in [3.8, 4) is 0 Å². The van der Waals surface area contributed by atoms with Gasteiger partial charge in [-0.25, -0.2) is 0 Å². The van der Waals surface area contributed by atoms with Gasteiger partial charge >= 0.3 is 0 Å². The molecule has 0 aliphatic heterocycles. The molecule has 1 fully saturated rings. The summed E-state index contributed by atoms with van der Waals surface area (Å²) in [5.41, 5.74) is 6.66. The SMILES string of the molecule is CC(NC(=O)C1CCCC1N)c1cccc([N+](=O)[O-])c1. The van der Waals surface area contributed by atoms with Crippen LogP contribution < -0.4 is 11.1 Å². The summed E-state index contributed by atoms with van der Waals surface area (Å²) >= 11 is 0. The Labute approximate surface area is 117 Å². The molecule has 20 heavy (non-hydrogen) atoms. The number of hydrogen-bond donors (Lipinski definition) is 2. The van der Waals surface area contributed by atoms with Gasteiger partial charge in [-0.15, -0.1) is 0 Å². The van der Waals surface area contributed by atoms with Crippen LogP contribution >= 0.6 is 0 Å². The molecule has 0 aromatic heterocycles. The number of nitrogens with two attached hydrogens (primary N) is 1. The molecule has 1 aromatic carbocycles. The second-order valence-electron chi connectivity index (χ2n) is 5.28. The van der Waals surface area contributed by atoms with E-state index >= 15 is 0 Å². The molecule has 6 heteroatoms. The van der Waals surface area contributed by atoms with Crippen molar-refractivity contribution >= 4 is 11.6 Å². The summed E-state index contributed by atoms with van der Waals surface area (Å²) in [5, 5.41) is 13.6. The number of amides is 1. The number of nitro groups is 1. The molecule has 0 radical (unpaired) electrons. The first-order valence-electron chi connectivity index (χ1n) is 6.79. The van der Waals surface area contributed by atoms with Crippen LogP contribution in [0.1, 0.15) is 37.8 Å². The lowest BCUT2D eigenvalue weighted by Crippen LogP contribution is -2.39. The molecule has 0 bridgehead atoms. The van der Waals surface area contributed by atoms with Crippen molar-refractivity contribution in [1.29, 1.82) is 0 Å². The van der Waals surface area contributed by atoms with Crippen LogP contribution in [0.25, 0.3) is 0 Å². The number of non-ortho nitro benzene ring substituents is 1. The Kier molecular flexibility index (Phi) is 4.34. The molecule has 0 saturated heterocycles. The molecular formula is C14H19N3O3. The van der Waals surface area contributed by atoms with Crippen LogP contribution in [0.4, 0.5) is 5.69 Å². The zero-order valence-corrected chi connectivity index (χ0v) is 11.4. The fraction of sp³-hybridized carbons (Fsp3) is 0.500. The summed E-state index contributed by atoms with van der Waals surface area (Å²) in [4.78, 5) is 22.4. The number of benzene rings is 1. The zero-order valence-electron chi connectivity index (χ0n) is 11.4. The summed E-state index contributed by atoms with van der Waals surface area (Å²) in [7, 11) is 0. The Morgan fingerprint density at radius 2 is 2.25 bits per heavy atom. The molecule has 3 unspecified atom stereocenters. The molecule has 1 aliphatic carbocycles. The average Bonchev–Trinajstić information content (AvgIpc) is 2.85. The number of nitrogens with zero attached hydrogens (tertiary/aromatic N) is 1. The number of nitro benzene ring substituents is 1. The first kappa shape index (κ1) is 14.5. The summed E-state index contributed by atoms with van der Waals surface area (Å²) in [5.74, 6) is -0.204. The van der Waals surface area contributed by atoms with Gasteiger partial charge in [0.05, 0.1) is 16.9 Å². The largest absolute Gasteiger partial charge is 0.349 e. The van der Waals surface area contributed by atoms with Gasteiger partial charge in [-0.1, -0.05) is 18.6 Å². The Balaban J connectivity index is 2.04. The standard InChI is InChI=1S/C14H19N3O3/c1-9(10-4-2-5-11(8-10)17(19)20)16-14(18)12-6-3-7-13(12)15/h2,4-5,8-9,12-13H,3,6-7,15H2,1H3,(H,16,18). The lowest BCUT2D eigenvalue weighted by atomic mass is 10.0. The fourth-order valence-electron chi connectivity index (χ4n) is 2.63. The predicted molar refractivity (Wildman–Crippen MR) is 75.0 cm³/mol. The highest BCUT2D eigenvalue weighted by molar-refractivity contribution is 5.80. The second kappa shape index (κ2) is 6.00. The molecule has 0 heterocycles. The van der Waals surface area contributed by atoms with E-state index in [-0.39, 0.29) is 29.6 Å². The molecule has 1 aromatic rings. The van der Waals surface area contributed by atoms with E-state index in [9.17, 15) is 14.9 Å². The fourth-order valence-corrected chi connectivity index (χ4v) is 2.63. The van der Waals surface area contributed by atoms with Crippen LogP contribution in [0.5, 0.6) is 0 Å². The van der Waals surface area contributed by atoms with Crippen molar-refractivity contribution in [1.82, 2.24) is 5.32 Å². The van der Waals surface area contributed by atoms with Crippen LogP contribution in [0, 0.1) is 16.0 Å². The maximum Gasteiger partial charge on any atom is 0.269 e. The molecule has 1 saturated carbocycles. The highest BCUT2D eigenvalue weighted by atomic mass is 16.6. The third-order valence-corrected chi connectivity index (χ3v) is 3.85. The van der Waals surface area contributed by atoms with Crippen LogP contribution in [-0.2, 0) is 4.79 Å². The van der Waals surface area contributed by atoms with Gasteiger partial charge in [0, 0.05) is 18.2 Å². The van der Waals surface area contributed by atoms with Crippen molar-refractivity contribution in [3.05, 3.63) is 39.9 Å². The number of carbonyl (C=O) groups is 1. The Bertz CT molecular complexity index is 518. The zero-order chi connectivity index (χ0) is 14.7. The summed E-state index contributed by atoms with van der Waals surface area (Å²) < 4.78 is 0. The predicted octanol–water partition coefficient (Wildman–Crippen LogP) is 1.90. The normalized spacial score (nSPS) is 23.3. The van der Waals surface area contributed by atoms with E-state index < -0.39 is 4.92 Å². The highest BCUT2D eigenvalue weighted by Crippen LogP contribution is 2.25. The maximum atomic E-state index is 12.1. The van der Waals surface area contributed by atoms with E-state index in [1.54, 1.807) is 12.1 Å². The van der Waals surface area contributed by atoms with Gasteiger partial charge in [-0.05, 0) is 25.3 Å². The molecule has 0 spiro atoms. The number of carbonyl (C=O) groups excluding carboxylic acids is 1. The van der Waals surface area contributed by atoms with E-state index in [2.05, 4.69) is 5.32 Å². The number of hydrogen-bond acceptors (Lipinski definition) is 4. The molecule has 2 rings (SSSR count). The van der Waals surface area contributed by atoms with Crippen molar-refractivity contribution in [2.75, 3.05) is 0 Å². The van der Waals surface area contributed by atoms with Gasteiger partial charge < -0.3 is 11.1 Å². The number of nitrogens with one attached hydrogen (secondary N) is 1. The highest BCUT2D eigenvalue weighted by Gasteiger charge is 2.30. The molecule has 108 valence electrons. The lowest BCUT2D eigenvalue weighted by Gasteiger charge is -2.19. The van der Waals surface area contributed by atoms with E-state index in [4.69, 9.17) is 5.73 Å². The average molecular weight is 277 g/mol. The first-order chi connectivity index (χ1) is 9.49. The van der Waals surface area contributed by atoms with E-state index in [1.807, 2.05) is 6.92 Å². The van der Waals surface area contributed by atoms with Crippen molar-refractivity contribution in [2.24, 2.45) is 11.7 Å². The molecule has 1 aliphatic rings. The smallest absolute Gasteiger partial charge is 0.269 e. The Hall–Kier alpha value is -1.95. The van der Waals surface area contributed by atoms with Gasteiger partial charge in [0.15, 0.2) is 0 Å². The van der Waals surface area contributed by atoms with Crippen molar-refractivity contribution in [2.45, 2.75) is 38.3 Å². The minimum Gasteiger partial charge on any atom is -0.349 e. The van der Waals surface area contributed by atoms with Gasteiger partial charge in [-0.3, -0.25) is 14.9 Å². The van der Waals surface area contributed by atoms with Crippen molar-refractivity contribution in [3.63, 3.8) is 0 Å². The molecule has 6 nitrogen and oxygen atoms in total. The van der Waals surface area contributed by atoms with Gasteiger partial charge in [-0.2, -0.15) is 0 Å². The minimum atomic E-state index is -0.440. The topological polar surface area (TPSA) is 98.3 Å². The van der Waals surface area contributed by atoms with Crippen LogP contribution in [0.2, 0.25) is 0 Å². The van der Waals surface area contributed by atoms with Gasteiger partial charge in [0.2, 0.25) is 5.91 Å².